The van der Waals surface area contributed by atoms with Crippen molar-refractivity contribution in [3.05, 3.63) is 28.7 Å². The van der Waals surface area contributed by atoms with E-state index in [1.165, 1.54) is 17.4 Å². The molecule has 0 N–H and O–H groups in total. The average molecular weight is 317 g/mol. The van der Waals surface area contributed by atoms with Crippen LogP contribution in [0.2, 0.25) is 0 Å². The zero-order chi connectivity index (χ0) is 13.1. The van der Waals surface area contributed by atoms with E-state index >= 15 is 0 Å². The van der Waals surface area contributed by atoms with E-state index in [2.05, 4.69) is 15.9 Å². The van der Waals surface area contributed by atoms with Crippen molar-refractivity contribution in [2.45, 2.75) is 11.8 Å². The highest BCUT2D eigenvalue weighted by Crippen LogP contribution is 2.19. The average Bonchev–Trinajstić information content (AvgIpc) is 2.28. The minimum Gasteiger partial charge on any atom is -0.207 e. The minimum atomic E-state index is -3.51. The van der Waals surface area contributed by atoms with Crippen LogP contribution >= 0.6 is 15.9 Å². The summed E-state index contributed by atoms with van der Waals surface area (Å²) in [6.07, 6.45) is 0. The lowest BCUT2D eigenvalue weighted by Crippen LogP contribution is -2.30. The Bertz CT molecular complexity index is 537. The van der Waals surface area contributed by atoms with Crippen molar-refractivity contribution in [2.24, 2.45) is 5.92 Å². The first kappa shape index (κ1) is 14.2. The Kier molecular flexibility index (Phi) is 4.69. The summed E-state index contributed by atoms with van der Waals surface area (Å²) in [6, 6.07) is 8.52. The van der Waals surface area contributed by atoms with Crippen molar-refractivity contribution in [3.8, 4) is 6.07 Å². The molecule has 0 saturated carbocycles. The molecule has 0 aliphatic rings. The normalized spacial score (nSPS) is 13.4. The molecule has 6 heteroatoms. The molecule has 4 nitrogen and oxygen atoms in total. The van der Waals surface area contributed by atoms with Crippen molar-refractivity contribution in [1.82, 2.24) is 4.31 Å². The molecule has 0 spiro atoms. The summed E-state index contributed by atoms with van der Waals surface area (Å²) in [5.74, 6) is -0.332. The zero-order valence-electron chi connectivity index (χ0n) is 9.59. The lowest BCUT2D eigenvalue weighted by molar-refractivity contribution is 0.439. The summed E-state index contributed by atoms with van der Waals surface area (Å²) in [7, 11) is -2.04. The molecule has 1 aromatic rings. The van der Waals surface area contributed by atoms with Crippen LogP contribution in [0.25, 0.3) is 0 Å². The first-order valence-electron chi connectivity index (χ1n) is 4.99. The van der Waals surface area contributed by atoms with Gasteiger partial charge in [-0.2, -0.15) is 9.57 Å². The van der Waals surface area contributed by atoms with E-state index in [0.717, 1.165) is 0 Å². The number of sulfonamides is 1. The Morgan fingerprint density at radius 2 is 2.18 bits per heavy atom. The summed E-state index contributed by atoms with van der Waals surface area (Å²) in [4.78, 5) is 0.222. The number of rotatable bonds is 4. The van der Waals surface area contributed by atoms with E-state index in [4.69, 9.17) is 5.26 Å². The van der Waals surface area contributed by atoms with Crippen LogP contribution in [0, 0.1) is 17.2 Å². The van der Waals surface area contributed by atoms with Crippen LogP contribution in [-0.2, 0) is 10.0 Å². The van der Waals surface area contributed by atoms with Crippen LogP contribution in [0.1, 0.15) is 6.92 Å². The molecule has 1 atom stereocenters. The van der Waals surface area contributed by atoms with Crippen LogP contribution in [0.15, 0.2) is 33.6 Å². The number of hydrogen-bond donors (Lipinski definition) is 0. The van der Waals surface area contributed by atoms with Gasteiger partial charge in [-0.05, 0) is 25.1 Å². The quantitative estimate of drug-likeness (QED) is 0.855. The third-order valence-electron chi connectivity index (χ3n) is 2.26. The summed E-state index contributed by atoms with van der Waals surface area (Å²) in [5.41, 5.74) is 0. The summed E-state index contributed by atoms with van der Waals surface area (Å²) < 4.78 is 26.2. The van der Waals surface area contributed by atoms with E-state index in [-0.39, 0.29) is 17.4 Å². The van der Waals surface area contributed by atoms with E-state index in [0.29, 0.717) is 4.47 Å². The predicted molar refractivity (Wildman–Crippen MR) is 68.7 cm³/mol. The van der Waals surface area contributed by atoms with Gasteiger partial charge in [-0.25, -0.2) is 8.42 Å². The molecule has 1 rings (SSSR count). The van der Waals surface area contributed by atoms with Crippen molar-refractivity contribution >= 4 is 26.0 Å². The van der Waals surface area contributed by atoms with Gasteiger partial charge in [0, 0.05) is 18.1 Å². The van der Waals surface area contributed by atoms with Gasteiger partial charge in [-0.15, -0.1) is 0 Å². The monoisotopic (exact) mass is 316 g/mol. The second kappa shape index (κ2) is 5.63. The molecule has 0 aliphatic carbocycles. The summed E-state index contributed by atoms with van der Waals surface area (Å²) in [5, 5.41) is 8.69. The molecule has 0 saturated heterocycles. The lowest BCUT2D eigenvalue weighted by atomic mass is 10.2. The Morgan fingerprint density at radius 3 is 2.71 bits per heavy atom. The maximum Gasteiger partial charge on any atom is 0.242 e. The fourth-order valence-corrected chi connectivity index (χ4v) is 3.19. The molecule has 92 valence electrons. The van der Waals surface area contributed by atoms with Gasteiger partial charge in [-0.1, -0.05) is 22.0 Å². The second-order valence-corrected chi connectivity index (χ2v) is 6.73. The highest BCUT2D eigenvalue weighted by atomic mass is 79.9. The standard InChI is InChI=1S/C11H13BrN2O2S/c1-9(7-13)8-14(2)17(15,16)11-5-3-4-10(12)6-11/h3-6,9H,8H2,1-2H3. The van der Waals surface area contributed by atoms with Gasteiger partial charge in [-0.3, -0.25) is 0 Å². The Balaban J connectivity index is 3.00. The Morgan fingerprint density at radius 1 is 1.53 bits per heavy atom. The zero-order valence-corrected chi connectivity index (χ0v) is 12.0. The van der Waals surface area contributed by atoms with Gasteiger partial charge in [0.05, 0.1) is 16.9 Å². The largest absolute Gasteiger partial charge is 0.242 e. The van der Waals surface area contributed by atoms with E-state index < -0.39 is 10.0 Å². The predicted octanol–water partition coefficient (Wildman–Crippen LogP) is 2.23. The topological polar surface area (TPSA) is 61.2 Å². The van der Waals surface area contributed by atoms with Crippen LogP contribution in [0.5, 0.6) is 0 Å². The molecule has 0 aromatic heterocycles. The molecule has 0 bridgehead atoms. The molecule has 0 aliphatic heterocycles. The highest BCUT2D eigenvalue weighted by molar-refractivity contribution is 9.10. The Hall–Kier alpha value is -0.900. The molecule has 17 heavy (non-hydrogen) atoms. The maximum absolute atomic E-state index is 12.1. The lowest BCUT2D eigenvalue weighted by Gasteiger charge is -2.18. The van der Waals surface area contributed by atoms with E-state index in [1.807, 2.05) is 6.07 Å². The maximum atomic E-state index is 12.1. The molecule has 0 heterocycles. The molecule has 0 radical (unpaired) electrons. The summed E-state index contributed by atoms with van der Waals surface area (Å²) in [6.45, 7) is 1.87. The molecule has 1 unspecified atom stereocenters. The third kappa shape index (κ3) is 3.53. The van der Waals surface area contributed by atoms with E-state index in [1.54, 1.807) is 25.1 Å². The van der Waals surface area contributed by atoms with Crippen molar-refractivity contribution in [1.29, 1.82) is 5.26 Å². The van der Waals surface area contributed by atoms with Gasteiger partial charge in [0.1, 0.15) is 0 Å². The van der Waals surface area contributed by atoms with Gasteiger partial charge >= 0.3 is 0 Å². The molecule has 0 fully saturated rings. The smallest absolute Gasteiger partial charge is 0.207 e. The number of hydrogen-bond acceptors (Lipinski definition) is 3. The van der Waals surface area contributed by atoms with Gasteiger partial charge < -0.3 is 0 Å². The number of benzene rings is 1. The van der Waals surface area contributed by atoms with Crippen molar-refractivity contribution in [2.75, 3.05) is 13.6 Å². The SMILES string of the molecule is CC(C#N)CN(C)S(=O)(=O)c1cccc(Br)c1. The molecular weight excluding hydrogens is 304 g/mol. The minimum absolute atomic E-state index is 0.186. The van der Waals surface area contributed by atoms with Crippen LogP contribution in [0.3, 0.4) is 0 Å². The second-order valence-electron chi connectivity index (χ2n) is 3.77. The number of halogens is 1. The van der Waals surface area contributed by atoms with E-state index in [9.17, 15) is 8.42 Å². The fraction of sp³-hybridized carbons (Fsp3) is 0.364. The van der Waals surface area contributed by atoms with Crippen LogP contribution in [-0.4, -0.2) is 26.3 Å². The third-order valence-corrected chi connectivity index (χ3v) is 4.57. The number of nitrogens with zero attached hydrogens (tertiary/aromatic N) is 2. The first-order valence-corrected chi connectivity index (χ1v) is 7.22. The van der Waals surface area contributed by atoms with Crippen molar-refractivity contribution in [3.63, 3.8) is 0 Å². The van der Waals surface area contributed by atoms with Crippen LogP contribution in [0.4, 0.5) is 0 Å². The van der Waals surface area contributed by atoms with Gasteiger partial charge in [0.15, 0.2) is 0 Å². The number of nitriles is 1. The molecule has 0 amide bonds. The first-order chi connectivity index (χ1) is 7.87. The van der Waals surface area contributed by atoms with Gasteiger partial charge in [0.25, 0.3) is 0 Å². The Labute approximate surface area is 110 Å². The highest BCUT2D eigenvalue weighted by Gasteiger charge is 2.22. The molecule has 1 aromatic carbocycles. The summed E-state index contributed by atoms with van der Waals surface area (Å²) >= 11 is 3.23. The fourth-order valence-electron chi connectivity index (χ4n) is 1.33. The van der Waals surface area contributed by atoms with Crippen molar-refractivity contribution < 1.29 is 8.42 Å². The van der Waals surface area contributed by atoms with Crippen LogP contribution < -0.4 is 0 Å². The molecular formula is C11H13BrN2O2S. The van der Waals surface area contributed by atoms with Gasteiger partial charge in [0.2, 0.25) is 10.0 Å².